The molecule has 11 aromatic rings. The second-order valence-electron chi connectivity index (χ2n) is 14.9. The van der Waals surface area contributed by atoms with Gasteiger partial charge in [0.15, 0.2) is 8.07 Å². The molecule has 0 fully saturated rings. The molecule has 0 amide bonds. The molecular formula is C52H34N2SSi. The van der Waals surface area contributed by atoms with E-state index in [0.717, 1.165) is 0 Å². The topological polar surface area (TPSA) is 9.86 Å². The Morgan fingerprint density at radius 2 is 0.786 bits per heavy atom. The molecule has 2 aromatic heterocycles. The fraction of sp³-hybridized carbons (Fsp3) is 0. The summed E-state index contributed by atoms with van der Waals surface area (Å²) in [6.07, 6.45) is 0. The van der Waals surface area contributed by atoms with Crippen molar-refractivity contribution in [3.05, 3.63) is 206 Å². The van der Waals surface area contributed by atoms with Crippen molar-refractivity contribution in [3.63, 3.8) is 0 Å². The molecule has 262 valence electrons. The number of nitrogens with zero attached hydrogens (tertiary/aromatic N) is 2. The molecule has 1 unspecified atom stereocenters. The highest BCUT2D eigenvalue weighted by Gasteiger charge is 2.47. The van der Waals surface area contributed by atoms with E-state index in [9.17, 15) is 0 Å². The largest absolute Gasteiger partial charge is 0.309 e. The molecule has 56 heavy (non-hydrogen) atoms. The zero-order valence-electron chi connectivity index (χ0n) is 30.4. The number of fused-ring (bicyclic) bond motifs is 9. The smallest absolute Gasteiger partial charge is 0.181 e. The van der Waals surface area contributed by atoms with E-state index in [1.54, 1.807) is 0 Å². The Balaban J connectivity index is 1.13. The van der Waals surface area contributed by atoms with Crippen LogP contribution in [0.4, 0.5) is 0 Å². The first-order valence-electron chi connectivity index (χ1n) is 19.3. The zero-order chi connectivity index (χ0) is 36.8. The summed E-state index contributed by atoms with van der Waals surface area (Å²) in [6, 6.07) is 77.3. The molecule has 0 saturated heterocycles. The number of hydrogen-bond donors (Lipinski definition) is 0. The minimum Gasteiger partial charge on any atom is -0.309 e. The second kappa shape index (κ2) is 12.2. The molecule has 0 saturated carbocycles. The Labute approximate surface area is 329 Å². The van der Waals surface area contributed by atoms with E-state index in [2.05, 4.69) is 215 Å². The van der Waals surface area contributed by atoms with Gasteiger partial charge in [0.25, 0.3) is 0 Å². The van der Waals surface area contributed by atoms with E-state index < -0.39 is 8.07 Å². The molecule has 9 aromatic carbocycles. The second-order valence-corrected chi connectivity index (χ2v) is 19.7. The Hall–Kier alpha value is -6.59. The summed E-state index contributed by atoms with van der Waals surface area (Å²) >= 11 is 1.92. The average Bonchev–Trinajstić information content (AvgIpc) is 3.78. The van der Waals surface area contributed by atoms with Gasteiger partial charge in [-0.1, -0.05) is 163 Å². The highest BCUT2D eigenvalue weighted by molar-refractivity contribution is 8.00. The molecule has 0 radical (unpaired) electrons. The van der Waals surface area contributed by atoms with Crippen LogP contribution in [0.25, 0.3) is 65.8 Å². The minimum atomic E-state index is -2.86. The molecule has 0 aliphatic carbocycles. The van der Waals surface area contributed by atoms with E-state index in [1.807, 2.05) is 11.8 Å². The third-order valence-corrected chi connectivity index (χ3v) is 18.4. The molecule has 12 rings (SSSR count). The zero-order valence-corrected chi connectivity index (χ0v) is 32.2. The van der Waals surface area contributed by atoms with Crippen LogP contribution in [0.3, 0.4) is 0 Å². The van der Waals surface area contributed by atoms with Crippen LogP contribution in [0.15, 0.2) is 216 Å². The highest BCUT2D eigenvalue weighted by Crippen LogP contribution is 2.38. The monoisotopic (exact) mass is 746 g/mol. The molecule has 4 heteroatoms. The standard InChI is InChI=1S/C52H34N2SSi/c1-2-14-36-33-40(29-25-35(36)13-1)56(39-30-26-37(27-31-39)53-45-19-7-3-15-41(45)42-16-4-8-20-46(42)53)51-24-12-11-23-49(51)55-50-34-38(28-32-52(50)56)54-47-21-9-5-17-43(47)44-18-6-10-22-48(44)54/h1-34H. The summed E-state index contributed by atoms with van der Waals surface area (Å²) in [7, 11) is -2.86. The van der Waals surface area contributed by atoms with Crippen molar-refractivity contribution >= 4 is 95.0 Å². The lowest BCUT2D eigenvalue weighted by Crippen LogP contribution is -2.76. The van der Waals surface area contributed by atoms with Crippen molar-refractivity contribution in [3.8, 4) is 11.4 Å². The molecular weight excluding hydrogens is 713 g/mol. The van der Waals surface area contributed by atoms with Crippen molar-refractivity contribution in [2.75, 3.05) is 0 Å². The Bertz CT molecular complexity index is 3250. The van der Waals surface area contributed by atoms with Crippen molar-refractivity contribution in [2.45, 2.75) is 9.79 Å². The van der Waals surface area contributed by atoms with Crippen molar-refractivity contribution in [2.24, 2.45) is 0 Å². The van der Waals surface area contributed by atoms with Gasteiger partial charge in [-0.25, -0.2) is 0 Å². The molecule has 0 spiro atoms. The molecule has 1 aliphatic heterocycles. The third-order valence-electron chi connectivity index (χ3n) is 12.0. The molecule has 1 atom stereocenters. The average molecular weight is 747 g/mol. The summed E-state index contributed by atoms with van der Waals surface area (Å²) in [5, 5.41) is 13.3. The van der Waals surface area contributed by atoms with Crippen LogP contribution in [0.2, 0.25) is 0 Å². The van der Waals surface area contributed by atoms with E-state index >= 15 is 0 Å². The molecule has 0 N–H and O–H groups in total. The first kappa shape index (κ1) is 31.7. The third kappa shape index (κ3) is 4.45. The van der Waals surface area contributed by atoms with Crippen molar-refractivity contribution < 1.29 is 0 Å². The van der Waals surface area contributed by atoms with Crippen molar-refractivity contribution in [1.82, 2.24) is 9.13 Å². The fourth-order valence-electron chi connectivity index (χ4n) is 9.65. The van der Waals surface area contributed by atoms with Crippen LogP contribution in [0.5, 0.6) is 0 Å². The summed E-state index contributed by atoms with van der Waals surface area (Å²) < 4.78 is 4.88. The number of aromatic nitrogens is 2. The Kier molecular flexibility index (Phi) is 6.92. The van der Waals surface area contributed by atoms with Crippen LogP contribution in [0, 0.1) is 0 Å². The summed E-state index contributed by atoms with van der Waals surface area (Å²) in [6.45, 7) is 0. The van der Waals surface area contributed by atoms with Crippen LogP contribution in [-0.4, -0.2) is 17.2 Å². The van der Waals surface area contributed by atoms with Gasteiger partial charge < -0.3 is 9.13 Å². The predicted octanol–water partition coefficient (Wildman–Crippen LogP) is 10.9. The number of para-hydroxylation sites is 4. The van der Waals surface area contributed by atoms with Gasteiger partial charge in [-0.3, -0.25) is 0 Å². The maximum Gasteiger partial charge on any atom is 0.181 e. The first-order valence-corrected chi connectivity index (χ1v) is 22.1. The quantitative estimate of drug-likeness (QED) is 0.163. The minimum absolute atomic E-state index is 1.18. The van der Waals surface area contributed by atoms with Gasteiger partial charge in [0, 0.05) is 42.7 Å². The van der Waals surface area contributed by atoms with Crippen LogP contribution in [-0.2, 0) is 0 Å². The molecule has 2 nitrogen and oxygen atoms in total. The van der Waals surface area contributed by atoms with Gasteiger partial charge >= 0.3 is 0 Å². The van der Waals surface area contributed by atoms with E-state index in [4.69, 9.17) is 0 Å². The maximum atomic E-state index is 2.49. The van der Waals surface area contributed by atoms with E-state index in [0.29, 0.717) is 0 Å². The number of rotatable bonds is 4. The number of benzene rings is 9. The Morgan fingerprint density at radius 3 is 1.41 bits per heavy atom. The van der Waals surface area contributed by atoms with Crippen LogP contribution in [0.1, 0.15) is 0 Å². The number of hydrogen-bond acceptors (Lipinski definition) is 1. The Morgan fingerprint density at radius 1 is 0.321 bits per heavy atom. The molecule has 1 aliphatic rings. The summed E-state index contributed by atoms with van der Waals surface area (Å²) in [5.74, 6) is 0. The SMILES string of the molecule is c1ccc2c(c1)Sc1cc(-n3c4ccccc4c4ccccc43)ccc1[Si]2(c1ccc(-n2c3ccccc3c3ccccc32)cc1)c1ccc2ccccc2c1. The fourth-order valence-corrected chi connectivity index (χ4v) is 16.6. The normalized spacial score (nSPS) is 15.1. The first-order chi connectivity index (χ1) is 27.8. The van der Waals surface area contributed by atoms with Gasteiger partial charge in [0.1, 0.15) is 0 Å². The lowest BCUT2D eigenvalue weighted by molar-refractivity contribution is 1.16. The lowest BCUT2D eigenvalue weighted by atomic mass is 10.1. The van der Waals surface area contributed by atoms with Gasteiger partial charge in [-0.15, -0.1) is 0 Å². The van der Waals surface area contributed by atoms with Crippen LogP contribution >= 0.6 is 11.8 Å². The summed E-state index contributed by atoms with van der Waals surface area (Å²) in [5.41, 5.74) is 7.28. The highest BCUT2D eigenvalue weighted by atomic mass is 32.2. The summed E-state index contributed by atoms with van der Waals surface area (Å²) in [4.78, 5) is 2.67. The van der Waals surface area contributed by atoms with Gasteiger partial charge in [0.05, 0.1) is 22.1 Å². The molecule has 0 bridgehead atoms. The molecule has 3 heterocycles. The lowest BCUT2D eigenvalue weighted by Gasteiger charge is -2.40. The maximum absolute atomic E-state index is 2.86. The van der Waals surface area contributed by atoms with Crippen LogP contribution < -0.4 is 20.7 Å². The van der Waals surface area contributed by atoms with Gasteiger partial charge in [-0.2, -0.15) is 0 Å². The van der Waals surface area contributed by atoms with Gasteiger partial charge in [0.2, 0.25) is 0 Å². The van der Waals surface area contributed by atoms with E-state index in [-0.39, 0.29) is 0 Å². The van der Waals surface area contributed by atoms with Gasteiger partial charge in [-0.05, 0) is 86.1 Å². The predicted molar refractivity (Wildman–Crippen MR) is 240 cm³/mol. The van der Waals surface area contributed by atoms with Crippen molar-refractivity contribution in [1.29, 1.82) is 0 Å². The van der Waals surface area contributed by atoms with E-state index in [1.165, 1.54) is 96.3 Å².